The van der Waals surface area contributed by atoms with E-state index >= 15 is 0 Å². The lowest BCUT2D eigenvalue weighted by atomic mass is 10.1. The fourth-order valence-electron chi connectivity index (χ4n) is 2.66. The van der Waals surface area contributed by atoms with Crippen LogP contribution in [0.2, 0.25) is 0 Å². The molecule has 0 saturated heterocycles. The number of amides is 1. The standard InChI is InChI=1S/C20H17FN2O7/c1-22(10-14-4-2-3-5-15(14)21)19(24)11-28-20(25)7-6-13-8-17-18(30-12-29-17)9-16(13)23(26)27/h2-9H,10-12H2,1H3/b7-6+. The third-order valence-electron chi connectivity index (χ3n) is 4.25. The molecule has 1 aliphatic heterocycles. The Morgan fingerprint density at radius 3 is 2.67 bits per heavy atom. The van der Waals surface area contributed by atoms with Crippen LogP contribution in [0.15, 0.2) is 42.5 Å². The van der Waals surface area contributed by atoms with Crippen molar-refractivity contribution in [1.82, 2.24) is 4.90 Å². The molecular weight excluding hydrogens is 399 g/mol. The van der Waals surface area contributed by atoms with E-state index in [0.717, 1.165) is 6.08 Å². The molecule has 0 aromatic heterocycles. The first-order chi connectivity index (χ1) is 14.3. The topological polar surface area (TPSA) is 108 Å². The van der Waals surface area contributed by atoms with Crippen LogP contribution in [-0.4, -0.2) is 42.1 Å². The largest absolute Gasteiger partial charge is 0.454 e. The summed E-state index contributed by atoms with van der Waals surface area (Å²) in [5.41, 5.74) is 0.169. The molecule has 0 saturated carbocycles. The first-order valence-corrected chi connectivity index (χ1v) is 8.75. The van der Waals surface area contributed by atoms with Gasteiger partial charge in [-0.25, -0.2) is 9.18 Å². The maximum absolute atomic E-state index is 13.7. The Labute approximate surface area is 170 Å². The first-order valence-electron chi connectivity index (χ1n) is 8.75. The quantitative estimate of drug-likeness (QED) is 0.295. The van der Waals surface area contributed by atoms with Crippen molar-refractivity contribution in [3.8, 4) is 11.5 Å². The Bertz CT molecular complexity index is 1020. The highest BCUT2D eigenvalue weighted by atomic mass is 19.1. The summed E-state index contributed by atoms with van der Waals surface area (Å²) in [7, 11) is 1.45. The average Bonchev–Trinajstić information content (AvgIpc) is 3.18. The lowest BCUT2D eigenvalue weighted by molar-refractivity contribution is -0.385. The molecule has 10 heteroatoms. The summed E-state index contributed by atoms with van der Waals surface area (Å²) >= 11 is 0. The van der Waals surface area contributed by atoms with Gasteiger partial charge in [-0.3, -0.25) is 14.9 Å². The molecule has 0 atom stereocenters. The van der Waals surface area contributed by atoms with Gasteiger partial charge in [0.2, 0.25) is 6.79 Å². The van der Waals surface area contributed by atoms with Gasteiger partial charge in [0.15, 0.2) is 18.1 Å². The summed E-state index contributed by atoms with van der Waals surface area (Å²) in [4.78, 5) is 35.8. The molecule has 9 nitrogen and oxygen atoms in total. The number of likely N-dealkylation sites (N-methyl/N-ethyl adjacent to an activating group) is 1. The molecule has 0 bridgehead atoms. The number of carbonyl (C=O) groups is 2. The highest BCUT2D eigenvalue weighted by molar-refractivity contribution is 5.90. The van der Waals surface area contributed by atoms with Gasteiger partial charge in [-0.05, 0) is 18.2 Å². The van der Waals surface area contributed by atoms with Gasteiger partial charge in [-0.15, -0.1) is 0 Å². The fourth-order valence-corrected chi connectivity index (χ4v) is 2.66. The van der Waals surface area contributed by atoms with Crippen LogP contribution in [0.5, 0.6) is 11.5 Å². The van der Waals surface area contributed by atoms with E-state index in [4.69, 9.17) is 14.2 Å². The van der Waals surface area contributed by atoms with Crippen molar-refractivity contribution in [1.29, 1.82) is 0 Å². The Hall–Kier alpha value is -3.95. The van der Waals surface area contributed by atoms with E-state index in [1.807, 2.05) is 0 Å². The zero-order valence-electron chi connectivity index (χ0n) is 15.9. The SMILES string of the molecule is CN(Cc1ccccc1F)C(=O)COC(=O)/C=C/c1cc2c(cc1[N+](=O)[O-])OCO2. The number of halogens is 1. The van der Waals surface area contributed by atoms with E-state index < -0.39 is 29.2 Å². The molecule has 3 rings (SSSR count). The molecule has 30 heavy (non-hydrogen) atoms. The minimum absolute atomic E-state index is 0.0162. The molecule has 0 unspecified atom stereocenters. The average molecular weight is 416 g/mol. The van der Waals surface area contributed by atoms with Gasteiger partial charge >= 0.3 is 5.97 Å². The van der Waals surface area contributed by atoms with E-state index in [-0.39, 0.29) is 30.3 Å². The van der Waals surface area contributed by atoms with Gasteiger partial charge in [-0.1, -0.05) is 18.2 Å². The van der Waals surface area contributed by atoms with E-state index in [9.17, 15) is 24.1 Å². The second-order valence-corrected chi connectivity index (χ2v) is 6.30. The second kappa shape index (κ2) is 9.03. The number of fused-ring (bicyclic) bond motifs is 1. The number of hydrogen-bond donors (Lipinski definition) is 0. The van der Waals surface area contributed by atoms with Crippen LogP contribution in [0.3, 0.4) is 0 Å². The number of esters is 1. The molecule has 156 valence electrons. The van der Waals surface area contributed by atoms with E-state index in [1.54, 1.807) is 18.2 Å². The molecule has 1 aliphatic rings. The Kier molecular flexibility index (Phi) is 6.26. The fraction of sp³-hybridized carbons (Fsp3) is 0.200. The lowest BCUT2D eigenvalue weighted by Crippen LogP contribution is -2.30. The molecule has 0 N–H and O–H groups in total. The third kappa shape index (κ3) is 4.90. The maximum atomic E-state index is 13.7. The molecule has 0 spiro atoms. The highest BCUT2D eigenvalue weighted by Crippen LogP contribution is 2.38. The molecule has 0 radical (unpaired) electrons. The number of hydrogen-bond acceptors (Lipinski definition) is 7. The van der Waals surface area contributed by atoms with E-state index in [2.05, 4.69) is 0 Å². The summed E-state index contributed by atoms with van der Waals surface area (Å²) in [5.74, 6) is -1.28. The molecule has 0 fully saturated rings. The minimum Gasteiger partial charge on any atom is -0.454 e. The number of carbonyl (C=O) groups excluding carboxylic acids is 2. The van der Waals surface area contributed by atoms with Crippen molar-refractivity contribution in [2.45, 2.75) is 6.54 Å². The van der Waals surface area contributed by atoms with Gasteiger partial charge in [0, 0.05) is 25.2 Å². The second-order valence-electron chi connectivity index (χ2n) is 6.30. The number of nitro groups is 1. The number of benzene rings is 2. The summed E-state index contributed by atoms with van der Waals surface area (Å²) in [6.07, 6.45) is 2.16. The van der Waals surface area contributed by atoms with Crippen LogP contribution in [0.4, 0.5) is 10.1 Å². The maximum Gasteiger partial charge on any atom is 0.331 e. The van der Waals surface area contributed by atoms with Gasteiger partial charge in [-0.2, -0.15) is 0 Å². The van der Waals surface area contributed by atoms with Crippen molar-refractivity contribution >= 4 is 23.6 Å². The summed E-state index contributed by atoms with van der Waals surface area (Å²) < 4.78 is 28.8. The van der Waals surface area contributed by atoms with Gasteiger partial charge in [0.05, 0.1) is 16.6 Å². The van der Waals surface area contributed by atoms with Crippen LogP contribution in [0, 0.1) is 15.9 Å². The number of nitrogens with zero attached hydrogens (tertiary/aromatic N) is 2. The Morgan fingerprint density at radius 1 is 1.27 bits per heavy atom. The Balaban J connectivity index is 1.58. The third-order valence-corrected chi connectivity index (χ3v) is 4.25. The highest BCUT2D eigenvalue weighted by Gasteiger charge is 2.22. The number of rotatable bonds is 7. The van der Waals surface area contributed by atoms with Crippen molar-refractivity contribution in [3.05, 3.63) is 69.5 Å². The number of nitro benzene ring substituents is 1. The van der Waals surface area contributed by atoms with E-state index in [1.165, 1.54) is 36.2 Å². The summed E-state index contributed by atoms with van der Waals surface area (Å²) in [5, 5.41) is 11.2. The predicted octanol–water partition coefficient (Wildman–Crippen LogP) is 2.68. The minimum atomic E-state index is -0.866. The first kappa shape index (κ1) is 20.8. The Morgan fingerprint density at radius 2 is 1.97 bits per heavy atom. The summed E-state index contributed by atoms with van der Waals surface area (Å²) in [6, 6.07) is 8.60. The summed E-state index contributed by atoms with van der Waals surface area (Å²) in [6.45, 7) is -0.593. The normalized spacial score (nSPS) is 12.1. The smallest absolute Gasteiger partial charge is 0.331 e. The van der Waals surface area contributed by atoms with Crippen molar-refractivity contribution in [3.63, 3.8) is 0 Å². The van der Waals surface area contributed by atoms with Crippen LogP contribution >= 0.6 is 0 Å². The lowest BCUT2D eigenvalue weighted by Gasteiger charge is -2.17. The van der Waals surface area contributed by atoms with Crippen LogP contribution in [-0.2, 0) is 20.9 Å². The van der Waals surface area contributed by atoms with Crippen molar-refractivity contribution < 1.29 is 33.1 Å². The molecule has 2 aromatic rings. The van der Waals surface area contributed by atoms with Crippen LogP contribution in [0.25, 0.3) is 6.08 Å². The van der Waals surface area contributed by atoms with Crippen molar-refractivity contribution in [2.24, 2.45) is 0 Å². The van der Waals surface area contributed by atoms with Gasteiger partial charge in [0.1, 0.15) is 5.82 Å². The number of ether oxygens (including phenoxy) is 3. The zero-order valence-corrected chi connectivity index (χ0v) is 15.9. The van der Waals surface area contributed by atoms with Gasteiger partial charge in [0.25, 0.3) is 11.6 Å². The molecule has 2 aromatic carbocycles. The van der Waals surface area contributed by atoms with Gasteiger partial charge < -0.3 is 19.1 Å². The van der Waals surface area contributed by atoms with Crippen LogP contribution < -0.4 is 9.47 Å². The van der Waals surface area contributed by atoms with E-state index in [0.29, 0.717) is 11.3 Å². The zero-order chi connectivity index (χ0) is 21.7. The predicted molar refractivity (Wildman–Crippen MR) is 102 cm³/mol. The van der Waals surface area contributed by atoms with Crippen LogP contribution in [0.1, 0.15) is 11.1 Å². The molecule has 0 aliphatic carbocycles. The van der Waals surface area contributed by atoms with Crippen molar-refractivity contribution in [2.75, 3.05) is 20.4 Å². The molecular formula is C20H17FN2O7. The molecule has 1 heterocycles. The monoisotopic (exact) mass is 416 g/mol. The molecule has 1 amide bonds.